The van der Waals surface area contributed by atoms with Gasteiger partial charge < -0.3 is 5.11 Å². The van der Waals surface area contributed by atoms with E-state index in [1.807, 2.05) is 60.7 Å². The van der Waals surface area contributed by atoms with Crippen molar-refractivity contribution in [2.75, 3.05) is 0 Å². The average Bonchev–Trinajstić information content (AvgIpc) is 2.48. The zero-order valence-electron chi connectivity index (χ0n) is 11.0. The molecule has 0 aliphatic rings. The Balaban J connectivity index is 0.000000491. The fourth-order valence-electron chi connectivity index (χ4n) is 1.41. The summed E-state index contributed by atoms with van der Waals surface area (Å²) in [4.78, 5) is 4.21. The average molecular weight is 378 g/mol. The van der Waals surface area contributed by atoms with Crippen molar-refractivity contribution in [1.82, 2.24) is 0 Å². The molecule has 6 heteroatoms. The Bertz CT molecular complexity index is 571. The van der Waals surface area contributed by atoms with Crippen LogP contribution in [0.25, 0.3) is 5.76 Å². The second kappa shape index (κ2) is 10.9. The van der Waals surface area contributed by atoms with Crippen LogP contribution in [-0.4, -0.2) is 11.3 Å². The van der Waals surface area contributed by atoms with Gasteiger partial charge in [-0.05, 0) is 18.2 Å². The number of hydrogen-bond acceptors (Lipinski definition) is 2. The van der Waals surface area contributed by atoms with Crippen molar-refractivity contribution in [2.45, 2.75) is 0 Å². The summed E-state index contributed by atoms with van der Waals surface area (Å²) in [6.45, 7) is 0. The molecule has 2 rings (SSSR count). The van der Waals surface area contributed by atoms with Gasteiger partial charge in [0.1, 0.15) is 5.76 Å². The standard InChI is InChI=1S/C15H13NO.3ClH.Ti/c17-15(13-7-3-1-4-8-13)11-12-16-14-9-5-2-6-10-14;;;;/h1-12,17H;3*1H;/q;;;;+3/p-3/b15-11-,16-12?;;;;. The Labute approximate surface area is 142 Å². The topological polar surface area (TPSA) is 32.6 Å². The maximum absolute atomic E-state index is 9.77. The van der Waals surface area contributed by atoms with Crippen LogP contribution < -0.4 is 0 Å². The Morgan fingerprint density at radius 3 is 1.90 bits per heavy atom. The third-order valence-electron chi connectivity index (χ3n) is 2.28. The van der Waals surface area contributed by atoms with Gasteiger partial charge in [0.25, 0.3) is 0 Å². The molecule has 2 aromatic carbocycles. The molecular weight excluding hydrogens is 364 g/mol. The first-order valence-corrected chi connectivity index (χ1v) is 12.4. The molecule has 0 saturated carbocycles. The molecule has 1 N–H and O–H groups in total. The number of halogens is 3. The van der Waals surface area contributed by atoms with Gasteiger partial charge >= 0.3 is 42.6 Å². The van der Waals surface area contributed by atoms with Gasteiger partial charge in [0.2, 0.25) is 0 Å². The fraction of sp³-hybridized carbons (Fsp3) is 0. The van der Waals surface area contributed by atoms with Gasteiger partial charge in [-0.15, -0.1) is 0 Å². The van der Waals surface area contributed by atoms with Crippen molar-refractivity contribution in [2.24, 2.45) is 4.99 Å². The van der Waals surface area contributed by atoms with Crippen molar-refractivity contribution in [1.29, 1.82) is 0 Å². The molecule has 0 aliphatic heterocycles. The summed E-state index contributed by atoms with van der Waals surface area (Å²) < 4.78 is 0. The van der Waals surface area contributed by atoms with Gasteiger partial charge in [0.15, 0.2) is 0 Å². The van der Waals surface area contributed by atoms with E-state index in [0.717, 1.165) is 11.3 Å². The first kappa shape index (κ1) is 18.3. The molecule has 2 aromatic rings. The Hall–Kier alpha value is -0.766. The normalized spacial score (nSPS) is 10.9. The Morgan fingerprint density at radius 2 is 1.38 bits per heavy atom. The van der Waals surface area contributed by atoms with Crippen LogP contribution in [-0.2, 0) is 14.7 Å². The summed E-state index contributed by atoms with van der Waals surface area (Å²) in [6.07, 6.45) is 3.18. The Kier molecular flexibility index (Phi) is 9.48. The summed E-state index contributed by atoms with van der Waals surface area (Å²) in [5.74, 6) is 0.213. The summed E-state index contributed by atoms with van der Waals surface area (Å²) in [5, 5.41) is 9.77. The number of aliphatic hydroxyl groups is 1. The molecule has 0 bridgehead atoms. The molecular formula is C15H13Cl3NOTi. The van der Waals surface area contributed by atoms with Gasteiger partial charge in [0, 0.05) is 11.8 Å². The van der Waals surface area contributed by atoms with Crippen LogP contribution in [0.5, 0.6) is 0 Å². The quantitative estimate of drug-likeness (QED) is 0.394. The second-order valence-electron chi connectivity index (χ2n) is 3.75. The summed E-state index contributed by atoms with van der Waals surface area (Å²) in [6, 6.07) is 19.0. The number of benzene rings is 2. The molecule has 0 atom stereocenters. The van der Waals surface area contributed by atoms with Crippen LogP contribution in [0.4, 0.5) is 5.69 Å². The fourth-order valence-corrected chi connectivity index (χ4v) is 1.41. The number of rotatable bonds is 3. The summed E-state index contributed by atoms with van der Waals surface area (Å²) >= 11 is -1.92. The number of aliphatic imine (C=N–C) groups is 1. The van der Waals surface area contributed by atoms with E-state index in [-0.39, 0.29) is 5.76 Å². The molecule has 0 aliphatic carbocycles. The molecule has 2 nitrogen and oxygen atoms in total. The molecule has 0 unspecified atom stereocenters. The summed E-state index contributed by atoms with van der Waals surface area (Å²) in [5.41, 5.74) is 1.65. The van der Waals surface area contributed by atoms with E-state index >= 15 is 0 Å². The maximum atomic E-state index is 9.77. The van der Waals surface area contributed by atoms with E-state index in [1.54, 1.807) is 12.3 Å². The van der Waals surface area contributed by atoms with Crippen LogP contribution in [0.1, 0.15) is 5.56 Å². The van der Waals surface area contributed by atoms with Crippen molar-refractivity contribution < 1.29 is 19.8 Å². The van der Waals surface area contributed by atoms with Crippen molar-refractivity contribution in [3.05, 3.63) is 72.3 Å². The number of nitrogens with zero attached hydrogens (tertiary/aromatic N) is 1. The third kappa shape index (κ3) is 8.97. The van der Waals surface area contributed by atoms with Crippen LogP contribution in [0, 0.1) is 0 Å². The van der Waals surface area contributed by atoms with Crippen LogP contribution in [0.3, 0.4) is 0 Å². The second-order valence-corrected chi connectivity index (χ2v) is 11.5. The predicted molar refractivity (Wildman–Crippen MR) is 89.2 cm³/mol. The molecule has 0 saturated heterocycles. The molecule has 0 heterocycles. The van der Waals surface area contributed by atoms with Gasteiger partial charge in [-0.3, -0.25) is 4.99 Å². The number of hydrogen-bond donors (Lipinski definition) is 1. The van der Waals surface area contributed by atoms with Gasteiger partial charge in [-0.1, -0.05) is 48.5 Å². The van der Waals surface area contributed by atoms with Crippen LogP contribution in [0.2, 0.25) is 0 Å². The molecule has 21 heavy (non-hydrogen) atoms. The number of allylic oxidation sites excluding steroid dienone is 1. The monoisotopic (exact) mass is 376 g/mol. The van der Waals surface area contributed by atoms with Gasteiger partial charge in [0.05, 0.1) is 5.69 Å². The SMILES string of the molecule is O/C(=C\C=Nc1ccccc1)c1ccccc1.[Cl][Ti]([Cl])[Cl]. The Morgan fingerprint density at radius 1 is 0.905 bits per heavy atom. The van der Waals surface area contributed by atoms with Crippen LogP contribution >= 0.6 is 27.9 Å². The van der Waals surface area contributed by atoms with Gasteiger partial charge in [-0.2, -0.15) is 0 Å². The van der Waals surface area contributed by atoms with Crippen molar-refractivity contribution >= 4 is 45.6 Å². The zero-order chi connectivity index (χ0) is 15.5. The van der Waals surface area contributed by atoms with Gasteiger partial charge in [-0.25, -0.2) is 0 Å². The third-order valence-corrected chi connectivity index (χ3v) is 2.28. The van der Waals surface area contributed by atoms with E-state index in [4.69, 9.17) is 27.9 Å². The van der Waals surface area contributed by atoms with Crippen molar-refractivity contribution in [3.63, 3.8) is 0 Å². The summed E-state index contributed by atoms with van der Waals surface area (Å²) in [7, 11) is 14.9. The first-order chi connectivity index (χ1) is 10.1. The molecule has 0 amide bonds. The molecule has 0 radical (unpaired) electrons. The minimum atomic E-state index is -1.92. The van der Waals surface area contributed by atoms with Crippen molar-refractivity contribution in [3.8, 4) is 0 Å². The van der Waals surface area contributed by atoms with E-state index in [0.29, 0.717) is 0 Å². The zero-order valence-corrected chi connectivity index (χ0v) is 14.8. The number of aliphatic hydroxyl groups excluding tert-OH is 1. The molecule has 0 spiro atoms. The van der Waals surface area contributed by atoms with Crippen LogP contribution in [0.15, 0.2) is 71.7 Å². The molecule has 0 aromatic heterocycles. The predicted octanol–water partition coefficient (Wildman–Crippen LogP) is 6.05. The van der Waals surface area contributed by atoms with E-state index in [2.05, 4.69) is 4.99 Å². The van der Waals surface area contributed by atoms with E-state index in [9.17, 15) is 5.11 Å². The minimum absolute atomic E-state index is 0.213. The molecule has 109 valence electrons. The van der Waals surface area contributed by atoms with E-state index < -0.39 is 14.7 Å². The number of para-hydroxylation sites is 1. The molecule has 0 fully saturated rings. The van der Waals surface area contributed by atoms with E-state index in [1.165, 1.54) is 0 Å². The first-order valence-electron chi connectivity index (χ1n) is 5.97.